The molecule has 3 rings (SSSR count). The lowest BCUT2D eigenvalue weighted by Gasteiger charge is -2.31. The van der Waals surface area contributed by atoms with Gasteiger partial charge in [0.15, 0.2) is 0 Å². The Hall–Kier alpha value is -2.95. The number of aromatic nitrogens is 1. The van der Waals surface area contributed by atoms with Crippen molar-refractivity contribution in [2.75, 3.05) is 20.2 Å². The number of likely N-dealkylation sites (tertiary alicyclic amines) is 1. The fraction of sp³-hybridized carbons (Fsp3) is 0.318. The van der Waals surface area contributed by atoms with Crippen LogP contribution in [0.25, 0.3) is 12.2 Å². The number of esters is 1. The van der Waals surface area contributed by atoms with E-state index in [2.05, 4.69) is 4.98 Å². The Morgan fingerprint density at radius 3 is 2.22 bits per heavy atom. The summed E-state index contributed by atoms with van der Waals surface area (Å²) in [7, 11) is 1.41. The molecule has 0 bridgehead atoms. The van der Waals surface area contributed by atoms with Crippen molar-refractivity contribution in [3.8, 4) is 0 Å². The third-order valence-electron chi connectivity index (χ3n) is 4.92. The Morgan fingerprint density at radius 1 is 1.04 bits per heavy atom. The smallest absolute Gasteiger partial charge is 0.305 e. The molecule has 1 fully saturated rings. The van der Waals surface area contributed by atoms with Gasteiger partial charge < -0.3 is 9.64 Å². The third-order valence-corrected chi connectivity index (χ3v) is 4.92. The van der Waals surface area contributed by atoms with Gasteiger partial charge in [0.2, 0.25) is 0 Å². The van der Waals surface area contributed by atoms with Gasteiger partial charge in [0, 0.05) is 37.5 Å². The van der Waals surface area contributed by atoms with Crippen LogP contribution < -0.4 is 0 Å². The van der Waals surface area contributed by atoms with Crippen LogP contribution in [0.3, 0.4) is 0 Å². The van der Waals surface area contributed by atoms with E-state index >= 15 is 0 Å². The number of hydrogen-bond acceptors (Lipinski definition) is 4. The number of carbonyl (C=O) groups is 2. The standard InChI is InChI=1S/C22H24N2O3/c1-27-21(25)16-19-10-14-24(15-11-19)22(26)20-6-4-17(5-7-20)2-3-18-8-12-23-13-9-18/h2-9,12-13,19H,10-11,14-16H2,1H3/b3-2+. The van der Waals surface area contributed by atoms with Gasteiger partial charge in [0.1, 0.15) is 0 Å². The van der Waals surface area contributed by atoms with Gasteiger partial charge in [-0.3, -0.25) is 14.6 Å². The van der Waals surface area contributed by atoms with Crippen molar-refractivity contribution in [1.29, 1.82) is 0 Å². The zero-order chi connectivity index (χ0) is 19.1. The summed E-state index contributed by atoms with van der Waals surface area (Å²) in [5, 5.41) is 0. The van der Waals surface area contributed by atoms with Gasteiger partial charge in [-0.15, -0.1) is 0 Å². The average Bonchev–Trinajstić information content (AvgIpc) is 2.73. The van der Waals surface area contributed by atoms with Gasteiger partial charge in [0.25, 0.3) is 5.91 Å². The summed E-state index contributed by atoms with van der Waals surface area (Å²) in [5.74, 6) is 0.188. The number of pyridine rings is 1. The number of ether oxygens (including phenoxy) is 1. The van der Waals surface area contributed by atoms with Crippen LogP contribution in [0, 0.1) is 5.92 Å². The van der Waals surface area contributed by atoms with Gasteiger partial charge in [-0.25, -0.2) is 0 Å². The molecule has 27 heavy (non-hydrogen) atoms. The third kappa shape index (κ3) is 5.26. The van der Waals surface area contributed by atoms with Crippen molar-refractivity contribution < 1.29 is 14.3 Å². The second-order valence-corrected chi connectivity index (χ2v) is 6.75. The number of rotatable bonds is 5. The summed E-state index contributed by atoms with van der Waals surface area (Å²) >= 11 is 0. The molecule has 0 N–H and O–H groups in total. The zero-order valence-electron chi connectivity index (χ0n) is 15.5. The molecule has 5 heteroatoms. The van der Waals surface area contributed by atoms with E-state index in [9.17, 15) is 9.59 Å². The summed E-state index contributed by atoms with van der Waals surface area (Å²) in [5.41, 5.74) is 2.82. The summed E-state index contributed by atoms with van der Waals surface area (Å²) in [6, 6.07) is 11.5. The van der Waals surface area contributed by atoms with Crippen LogP contribution in [0.4, 0.5) is 0 Å². The van der Waals surface area contributed by atoms with E-state index in [1.165, 1.54) is 7.11 Å². The lowest BCUT2D eigenvalue weighted by atomic mass is 9.93. The van der Waals surface area contributed by atoms with Crippen molar-refractivity contribution in [3.05, 3.63) is 65.5 Å². The van der Waals surface area contributed by atoms with E-state index in [0.29, 0.717) is 31.0 Å². The average molecular weight is 364 g/mol. The van der Waals surface area contributed by atoms with Crippen molar-refractivity contribution in [2.45, 2.75) is 19.3 Å². The van der Waals surface area contributed by atoms with Crippen molar-refractivity contribution in [1.82, 2.24) is 9.88 Å². The monoisotopic (exact) mass is 364 g/mol. The number of piperidine rings is 1. The number of amides is 1. The molecule has 0 unspecified atom stereocenters. The molecule has 1 aliphatic heterocycles. The quantitative estimate of drug-likeness (QED) is 0.760. The van der Waals surface area contributed by atoms with Gasteiger partial charge in [-0.2, -0.15) is 0 Å². The second-order valence-electron chi connectivity index (χ2n) is 6.75. The van der Waals surface area contributed by atoms with E-state index in [-0.39, 0.29) is 11.9 Å². The zero-order valence-corrected chi connectivity index (χ0v) is 15.5. The highest BCUT2D eigenvalue weighted by Crippen LogP contribution is 2.22. The SMILES string of the molecule is COC(=O)CC1CCN(C(=O)c2ccc(/C=C/c3ccncc3)cc2)CC1. The Labute approximate surface area is 159 Å². The summed E-state index contributed by atoms with van der Waals surface area (Å²) in [6.07, 6.45) is 9.68. The lowest BCUT2D eigenvalue weighted by molar-refractivity contribution is -0.142. The highest BCUT2D eigenvalue weighted by molar-refractivity contribution is 5.94. The fourth-order valence-corrected chi connectivity index (χ4v) is 3.25. The maximum atomic E-state index is 12.7. The van der Waals surface area contributed by atoms with Gasteiger partial charge in [-0.05, 0) is 54.2 Å². The first-order valence-electron chi connectivity index (χ1n) is 9.20. The topological polar surface area (TPSA) is 59.5 Å². The Morgan fingerprint density at radius 2 is 1.63 bits per heavy atom. The number of hydrogen-bond donors (Lipinski definition) is 0. The largest absolute Gasteiger partial charge is 0.469 e. The van der Waals surface area contributed by atoms with E-state index in [1.54, 1.807) is 12.4 Å². The van der Waals surface area contributed by atoms with Crippen molar-refractivity contribution in [3.63, 3.8) is 0 Å². The first-order valence-corrected chi connectivity index (χ1v) is 9.20. The molecule has 0 atom stereocenters. The Bertz CT molecular complexity index is 792. The summed E-state index contributed by atoms with van der Waals surface area (Å²) in [4.78, 5) is 29.9. The van der Waals surface area contributed by atoms with Crippen LogP contribution in [-0.4, -0.2) is 42.0 Å². The predicted molar refractivity (Wildman–Crippen MR) is 105 cm³/mol. The molecular formula is C22H24N2O3. The van der Waals surface area contributed by atoms with Crippen LogP contribution in [0.5, 0.6) is 0 Å². The van der Waals surface area contributed by atoms with E-state index in [1.807, 2.05) is 53.5 Å². The molecule has 0 saturated carbocycles. The predicted octanol–water partition coefficient (Wildman–Crippen LogP) is 3.67. The first-order chi connectivity index (χ1) is 13.2. The van der Waals surface area contributed by atoms with E-state index in [0.717, 1.165) is 24.0 Å². The number of methoxy groups -OCH3 is 1. The second kappa shape index (κ2) is 9.12. The van der Waals surface area contributed by atoms with Gasteiger partial charge in [0.05, 0.1) is 7.11 Å². The van der Waals surface area contributed by atoms with Crippen LogP contribution in [0.2, 0.25) is 0 Å². The normalized spacial score (nSPS) is 15.1. The first kappa shape index (κ1) is 18.8. The lowest BCUT2D eigenvalue weighted by Crippen LogP contribution is -2.38. The molecular weight excluding hydrogens is 340 g/mol. The maximum absolute atomic E-state index is 12.7. The number of carbonyl (C=O) groups excluding carboxylic acids is 2. The molecule has 2 heterocycles. The van der Waals surface area contributed by atoms with Crippen LogP contribution in [-0.2, 0) is 9.53 Å². The molecule has 0 aliphatic carbocycles. The molecule has 1 aromatic carbocycles. The van der Waals surface area contributed by atoms with Crippen LogP contribution in [0.15, 0.2) is 48.8 Å². The molecule has 1 saturated heterocycles. The fourth-order valence-electron chi connectivity index (χ4n) is 3.25. The Kier molecular flexibility index (Phi) is 6.36. The molecule has 5 nitrogen and oxygen atoms in total. The number of benzene rings is 1. The van der Waals surface area contributed by atoms with Crippen LogP contribution in [0.1, 0.15) is 40.7 Å². The minimum absolute atomic E-state index is 0.0520. The molecule has 1 aromatic heterocycles. The minimum atomic E-state index is -0.171. The molecule has 0 spiro atoms. The molecule has 140 valence electrons. The minimum Gasteiger partial charge on any atom is -0.469 e. The van der Waals surface area contributed by atoms with E-state index in [4.69, 9.17) is 4.74 Å². The summed E-state index contributed by atoms with van der Waals surface area (Å²) in [6.45, 7) is 1.37. The summed E-state index contributed by atoms with van der Waals surface area (Å²) < 4.78 is 4.73. The highest BCUT2D eigenvalue weighted by atomic mass is 16.5. The van der Waals surface area contributed by atoms with Gasteiger partial charge >= 0.3 is 5.97 Å². The Balaban J connectivity index is 1.55. The van der Waals surface area contributed by atoms with Gasteiger partial charge in [-0.1, -0.05) is 24.3 Å². The van der Waals surface area contributed by atoms with Crippen molar-refractivity contribution in [2.24, 2.45) is 5.92 Å². The maximum Gasteiger partial charge on any atom is 0.305 e. The molecule has 1 aliphatic rings. The molecule has 0 radical (unpaired) electrons. The molecule has 2 aromatic rings. The van der Waals surface area contributed by atoms with E-state index < -0.39 is 0 Å². The molecule has 1 amide bonds. The highest BCUT2D eigenvalue weighted by Gasteiger charge is 2.25. The van der Waals surface area contributed by atoms with Crippen molar-refractivity contribution >= 4 is 24.0 Å². The van der Waals surface area contributed by atoms with Crippen LogP contribution >= 0.6 is 0 Å². The number of nitrogens with zero attached hydrogens (tertiary/aromatic N) is 2.